The van der Waals surface area contributed by atoms with E-state index in [0.29, 0.717) is 19.6 Å². The molecule has 1 N–H and O–H groups in total. The number of carbonyl (C=O) groups is 1. The summed E-state index contributed by atoms with van der Waals surface area (Å²) in [5.74, 6) is 1.79. The molecule has 0 spiro atoms. The van der Waals surface area contributed by atoms with Crippen molar-refractivity contribution in [2.75, 3.05) is 33.5 Å². The Bertz CT molecular complexity index is 764. The second kappa shape index (κ2) is 10.3. The molecule has 0 saturated carbocycles. The van der Waals surface area contributed by atoms with Crippen molar-refractivity contribution in [1.29, 1.82) is 0 Å². The Labute approximate surface area is 173 Å². The first kappa shape index (κ1) is 21.2. The first-order valence-corrected chi connectivity index (χ1v) is 10.4. The predicted octanol–water partition coefficient (Wildman–Crippen LogP) is 3.89. The highest BCUT2D eigenvalue weighted by atomic mass is 16.5. The fraction of sp³-hybridized carbons (Fsp3) is 0.458. The molecular weight excluding hydrogens is 366 g/mol. The molecule has 29 heavy (non-hydrogen) atoms. The largest absolute Gasteiger partial charge is 0.497 e. The zero-order valence-electron chi connectivity index (χ0n) is 17.4. The van der Waals surface area contributed by atoms with Gasteiger partial charge in [-0.3, -0.25) is 4.79 Å². The van der Waals surface area contributed by atoms with Gasteiger partial charge in [-0.05, 0) is 61.6 Å². The maximum absolute atomic E-state index is 12.5. The van der Waals surface area contributed by atoms with Crippen LogP contribution in [0.5, 0.6) is 11.5 Å². The van der Waals surface area contributed by atoms with Gasteiger partial charge in [0.2, 0.25) is 5.91 Å². The van der Waals surface area contributed by atoms with E-state index in [2.05, 4.69) is 17.4 Å². The number of hydrogen-bond donors (Lipinski definition) is 1. The molecule has 0 bridgehead atoms. The van der Waals surface area contributed by atoms with Crippen LogP contribution in [-0.4, -0.2) is 39.4 Å². The van der Waals surface area contributed by atoms with Gasteiger partial charge in [-0.25, -0.2) is 0 Å². The predicted molar refractivity (Wildman–Crippen MR) is 114 cm³/mol. The van der Waals surface area contributed by atoms with E-state index in [9.17, 15) is 4.79 Å². The third-order valence-corrected chi connectivity index (χ3v) is 5.65. The summed E-state index contributed by atoms with van der Waals surface area (Å²) in [6.07, 6.45) is 3.00. The summed E-state index contributed by atoms with van der Waals surface area (Å²) in [4.78, 5) is 12.5. The highest BCUT2D eigenvalue weighted by Crippen LogP contribution is 2.35. The van der Waals surface area contributed by atoms with Crippen LogP contribution >= 0.6 is 0 Å². The van der Waals surface area contributed by atoms with Crippen LogP contribution < -0.4 is 14.8 Å². The summed E-state index contributed by atoms with van der Waals surface area (Å²) < 4.78 is 16.3. The highest BCUT2D eigenvalue weighted by molar-refractivity contribution is 5.76. The lowest BCUT2D eigenvalue weighted by molar-refractivity contribution is -0.121. The van der Waals surface area contributed by atoms with Gasteiger partial charge in [0.25, 0.3) is 0 Å². The number of benzene rings is 2. The Morgan fingerprint density at radius 1 is 1.03 bits per heavy atom. The van der Waals surface area contributed by atoms with Crippen molar-refractivity contribution in [1.82, 2.24) is 5.32 Å². The minimum Gasteiger partial charge on any atom is -0.497 e. The van der Waals surface area contributed by atoms with Crippen LogP contribution in [0.3, 0.4) is 0 Å². The number of amides is 1. The van der Waals surface area contributed by atoms with Crippen LogP contribution in [0.4, 0.5) is 0 Å². The highest BCUT2D eigenvalue weighted by Gasteiger charge is 2.34. The van der Waals surface area contributed by atoms with Gasteiger partial charge < -0.3 is 19.5 Å². The Morgan fingerprint density at radius 2 is 1.69 bits per heavy atom. The molecule has 2 aromatic carbocycles. The number of nitrogens with one attached hydrogen (secondary N) is 1. The van der Waals surface area contributed by atoms with Gasteiger partial charge in [-0.15, -0.1) is 0 Å². The number of methoxy groups -OCH3 is 1. The molecule has 0 aliphatic carbocycles. The third kappa shape index (κ3) is 5.73. The van der Waals surface area contributed by atoms with Crippen molar-refractivity contribution >= 4 is 5.91 Å². The van der Waals surface area contributed by atoms with Crippen LogP contribution in [-0.2, 0) is 21.4 Å². The van der Waals surface area contributed by atoms with E-state index >= 15 is 0 Å². The average molecular weight is 398 g/mol. The number of ether oxygens (including phenoxy) is 3. The van der Waals surface area contributed by atoms with Gasteiger partial charge in [0, 0.05) is 31.6 Å². The molecule has 156 valence electrons. The molecular formula is C24H31NO4. The smallest absolute Gasteiger partial charge is 0.220 e. The fourth-order valence-corrected chi connectivity index (χ4v) is 3.81. The van der Waals surface area contributed by atoms with E-state index in [4.69, 9.17) is 14.2 Å². The van der Waals surface area contributed by atoms with Gasteiger partial charge >= 0.3 is 0 Å². The molecule has 0 atom stereocenters. The molecule has 1 heterocycles. The van der Waals surface area contributed by atoms with Crippen LogP contribution in [0.15, 0.2) is 48.5 Å². The minimum atomic E-state index is -0.0846. The molecule has 0 unspecified atom stereocenters. The lowest BCUT2D eigenvalue weighted by Gasteiger charge is -2.38. The molecule has 1 aliphatic heterocycles. The molecule has 1 saturated heterocycles. The topological polar surface area (TPSA) is 56.8 Å². The summed E-state index contributed by atoms with van der Waals surface area (Å²) in [7, 11) is 1.65. The lowest BCUT2D eigenvalue weighted by atomic mass is 9.74. The summed E-state index contributed by atoms with van der Waals surface area (Å²) in [6.45, 7) is 4.70. The van der Waals surface area contributed by atoms with Crippen LogP contribution in [0.1, 0.15) is 37.3 Å². The number of hydrogen-bond acceptors (Lipinski definition) is 4. The Morgan fingerprint density at radius 3 is 2.31 bits per heavy atom. The SMILES string of the molecule is CCOc1ccc(C2(CNC(=O)CCc3ccc(OC)cc3)CCOCC2)cc1. The second-order valence-electron chi connectivity index (χ2n) is 7.47. The third-order valence-electron chi connectivity index (χ3n) is 5.65. The Hall–Kier alpha value is -2.53. The monoisotopic (exact) mass is 397 g/mol. The maximum atomic E-state index is 12.5. The van der Waals surface area contributed by atoms with Gasteiger partial charge in [0.15, 0.2) is 0 Å². The Balaban J connectivity index is 1.58. The summed E-state index contributed by atoms with van der Waals surface area (Å²) in [5.41, 5.74) is 2.28. The van der Waals surface area contributed by atoms with E-state index in [1.54, 1.807) is 7.11 Å². The summed E-state index contributed by atoms with van der Waals surface area (Å²) in [6, 6.07) is 16.1. The van der Waals surface area contributed by atoms with Crippen molar-refractivity contribution in [2.24, 2.45) is 0 Å². The van der Waals surface area contributed by atoms with Crippen molar-refractivity contribution < 1.29 is 19.0 Å². The molecule has 0 aromatic heterocycles. The van der Waals surface area contributed by atoms with Crippen molar-refractivity contribution in [3.8, 4) is 11.5 Å². The van der Waals surface area contributed by atoms with Crippen molar-refractivity contribution in [2.45, 2.75) is 38.0 Å². The van der Waals surface area contributed by atoms with Crippen molar-refractivity contribution in [3.05, 3.63) is 59.7 Å². The summed E-state index contributed by atoms with van der Waals surface area (Å²) >= 11 is 0. The number of rotatable bonds is 9. The van der Waals surface area contributed by atoms with E-state index in [-0.39, 0.29) is 11.3 Å². The zero-order valence-corrected chi connectivity index (χ0v) is 17.4. The average Bonchev–Trinajstić information content (AvgIpc) is 2.78. The van der Waals surface area contributed by atoms with Crippen LogP contribution in [0, 0.1) is 0 Å². The maximum Gasteiger partial charge on any atom is 0.220 e. The van der Waals surface area contributed by atoms with E-state index in [0.717, 1.165) is 49.5 Å². The molecule has 1 fully saturated rings. The first-order chi connectivity index (χ1) is 14.1. The number of aryl methyl sites for hydroxylation is 1. The minimum absolute atomic E-state index is 0.0811. The van der Waals surface area contributed by atoms with Gasteiger partial charge in [-0.2, -0.15) is 0 Å². The molecule has 5 nitrogen and oxygen atoms in total. The van der Waals surface area contributed by atoms with Crippen molar-refractivity contribution in [3.63, 3.8) is 0 Å². The zero-order chi connectivity index (χ0) is 20.5. The second-order valence-corrected chi connectivity index (χ2v) is 7.47. The van der Waals surface area contributed by atoms with Crippen LogP contribution in [0.2, 0.25) is 0 Å². The van der Waals surface area contributed by atoms with Crippen LogP contribution in [0.25, 0.3) is 0 Å². The first-order valence-electron chi connectivity index (χ1n) is 10.4. The van der Waals surface area contributed by atoms with E-state index < -0.39 is 0 Å². The fourth-order valence-electron chi connectivity index (χ4n) is 3.81. The van der Waals surface area contributed by atoms with E-state index in [1.807, 2.05) is 43.3 Å². The molecule has 0 radical (unpaired) electrons. The Kier molecular flexibility index (Phi) is 7.53. The van der Waals surface area contributed by atoms with Gasteiger partial charge in [0.1, 0.15) is 11.5 Å². The lowest BCUT2D eigenvalue weighted by Crippen LogP contribution is -2.44. The molecule has 1 amide bonds. The molecule has 1 aliphatic rings. The normalized spacial score (nSPS) is 15.5. The number of carbonyl (C=O) groups excluding carboxylic acids is 1. The quantitative estimate of drug-likeness (QED) is 0.697. The van der Waals surface area contributed by atoms with Gasteiger partial charge in [0.05, 0.1) is 13.7 Å². The molecule has 2 aromatic rings. The van der Waals surface area contributed by atoms with Gasteiger partial charge in [-0.1, -0.05) is 24.3 Å². The molecule has 3 rings (SSSR count). The standard InChI is InChI=1S/C24H31NO4/c1-3-29-22-11-7-20(8-12-22)24(14-16-28-17-15-24)18-25-23(26)13-6-19-4-9-21(27-2)10-5-19/h4-5,7-12H,3,6,13-18H2,1-2H3,(H,25,26). The summed E-state index contributed by atoms with van der Waals surface area (Å²) in [5, 5.41) is 3.17. The molecule has 5 heteroatoms. The van der Waals surface area contributed by atoms with E-state index in [1.165, 1.54) is 5.56 Å².